The summed E-state index contributed by atoms with van der Waals surface area (Å²) in [6, 6.07) is 3.32. The molecule has 2 aliphatic heterocycles. The first-order chi connectivity index (χ1) is 9.39. The molecule has 2 saturated heterocycles. The summed E-state index contributed by atoms with van der Waals surface area (Å²) >= 11 is 1.20. The SMILES string of the molecule is Cc1ccc(S(=O)(=O)N2CCC3C(=O)OC(=O)C3C2)s1. The van der Waals surface area contributed by atoms with E-state index >= 15 is 0 Å². The lowest BCUT2D eigenvalue weighted by Crippen LogP contribution is -2.44. The molecule has 108 valence electrons. The van der Waals surface area contributed by atoms with E-state index < -0.39 is 33.8 Å². The molecule has 6 nitrogen and oxygen atoms in total. The van der Waals surface area contributed by atoms with Crippen LogP contribution < -0.4 is 0 Å². The molecule has 0 bridgehead atoms. The second-order valence-electron chi connectivity index (χ2n) is 4.97. The number of esters is 2. The average molecular weight is 315 g/mol. The molecule has 1 aromatic heterocycles. The van der Waals surface area contributed by atoms with Gasteiger partial charge in [0.05, 0.1) is 11.8 Å². The van der Waals surface area contributed by atoms with Gasteiger partial charge in [0.1, 0.15) is 4.21 Å². The zero-order valence-electron chi connectivity index (χ0n) is 10.7. The minimum atomic E-state index is -3.59. The van der Waals surface area contributed by atoms with E-state index in [0.29, 0.717) is 6.42 Å². The number of ether oxygens (including phenoxy) is 1. The molecule has 0 aliphatic carbocycles. The van der Waals surface area contributed by atoms with Crippen molar-refractivity contribution in [2.24, 2.45) is 11.8 Å². The highest BCUT2D eigenvalue weighted by molar-refractivity contribution is 7.91. The van der Waals surface area contributed by atoms with Crippen molar-refractivity contribution in [1.82, 2.24) is 4.31 Å². The van der Waals surface area contributed by atoms with Gasteiger partial charge in [-0.1, -0.05) is 0 Å². The van der Waals surface area contributed by atoms with Crippen LogP contribution in [-0.2, 0) is 24.3 Å². The van der Waals surface area contributed by atoms with Crippen molar-refractivity contribution in [3.8, 4) is 0 Å². The Balaban J connectivity index is 1.86. The van der Waals surface area contributed by atoms with Crippen molar-refractivity contribution in [2.45, 2.75) is 17.6 Å². The van der Waals surface area contributed by atoms with Crippen molar-refractivity contribution < 1.29 is 22.7 Å². The fourth-order valence-corrected chi connectivity index (χ4v) is 5.51. The normalized spacial score (nSPS) is 27.4. The first-order valence-corrected chi connectivity index (χ1v) is 8.47. The molecule has 8 heteroatoms. The molecule has 2 atom stereocenters. The molecule has 2 fully saturated rings. The van der Waals surface area contributed by atoms with Gasteiger partial charge in [0.2, 0.25) is 0 Å². The molecule has 0 N–H and O–H groups in total. The number of sulfonamides is 1. The standard InChI is InChI=1S/C12H13NO5S2/c1-7-2-3-10(19-7)20(16,17)13-5-4-8-9(6-13)12(15)18-11(8)14/h2-3,8-9H,4-6H2,1H3. The summed E-state index contributed by atoms with van der Waals surface area (Å²) in [7, 11) is -3.59. The van der Waals surface area contributed by atoms with Crippen molar-refractivity contribution in [1.29, 1.82) is 0 Å². The number of piperidine rings is 1. The van der Waals surface area contributed by atoms with Gasteiger partial charge in [-0.15, -0.1) is 11.3 Å². The summed E-state index contributed by atoms with van der Waals surface area (Å²) in [5, 5.41) is 0. The van der Waals surface area contributed by atoms with Crippen LogP contribution in [0.2, 0.25) is 0 Å². The van der Waals surface area contributed by atoms with Gasteiger partial charge in [0.15, 0.2) is 0 Å². The van der Waals surface area contributed by atoms with E-state index in [0.717, 1.165) is 4.88 Å². The molecule has 0 aromatic carbocycles. The maximum atomic E-state index is 12.5. The molecule has 20 heavy (non-hydrogen) atoms. The maximum absolute atomic E-state index is 12.5. The van der Waals surface area contributed by atoms with Gasteiger partial charge in [-0.2, -0.15) is 4.31 Å². The number of nitrogens with zero attached hydrogens (tertiary/aromatic N) is 1. The Morgan fingerprint density at radius 3 is 2.60 bits per heavy atom. The van der Waals surface area contributed by atoms with Gasteiger partial charge < -0.3 is 4.74 Å². The Morgan fingerprint density at radius 1 is 1.25 bits per heavy atom. The van der Waals surface area contributed by atoms with Gasteiger partial charge in [-0.25, -0.2) is 8.42 Å². The van der Waals surface area contributed by atoms with Crippen LogP contribution >= 0.6 is 11.3 Å². The lowest BCUT2D eigenvalue weighted by molar-refractivity contribution is -0.153. The van der Waals surface area contributed by atoms with Gasteiger partial charge in [-0.05, 0) is 25.5 Å². The first kappa shape index (κ1) is 13.7. The number of thiophene rings is 1. The second kappa shape index (κ2) is 4.64. The molecule has 3 rings (SSSR count). The quantitative estimate of drug-likeness (QED) is 0.595. The predicted octanol–water partition coefficient (Wildman–Crippen LogP) is 0.767. The van der Waals surface area contributed by atoms with Crippen LogP contribution in [0.5, 0.6) is 0 Å². The third-order valence-corrected chi connectivity index (χ3v) is 7.03. The summed E-state index contributed by atoms with van der Waals surface area (Å²) in [5.74, 6) is -2.28. The van der Waals surface area contributed by atoms with Gasteiger partial charge >= 0.3 is 11.9 Å². The zero-order chi connectivity index (χ0) is 14.5. The van der Waals surface area contributed by atoms with Crippen LogP contribution in [0.4, 0.5) is 0 Å². The Bertz CT molecular complexity index is 678. The van der Waals surface area contributed by atoms with E-state index in [1.807, 2.05) is 6.92 Å². The van der Waals surface area contributed by atoms with Crippen LogP contribution in [0.25, 0.3) is 0 Å². The lowest BCUT2D eigenvalue weighted by atomic mass is 9.89. The summed E-state index contributed by atoms with van der Waals surface area (Å²) in [5.41, 5.74) is 0. The molecule has 2 unspecified atom stereocenters. The molecule has 0 radical (unpaired) electrons. The highest BCUT2D eigenvalue weighted by Crippen LogP contribution is 2.35. The van der Waals surface area contributed by atoms with E-state index in [1.54, 1.807) is 12.1 Å². The number of hydrogen-bond donors (Lipinski definition) is 0. The second-order valence-corrected chi connectivity index (χ2v) is 8.42. The Kier molecular flexibility index (Phi) is 3.19. The summed E-state index contributed by atoms with van der Waals surface area (Å²) in [6.07, 6.45) is 0.332. The van der Waals surface area contributed by atoms with E-state index in [9.17, 15) is 18.0 Å². The average Bonchev–Trinajstić information content (AvgIpc) is 2.95. The van der Waals surface area contributed by atoms with Gasteiger partial charge in [0, 0.05) is 18.0 Å². The van der Waals surface area contributed by atoms with Crippen LogP contribution in [0, 0.1) is 18.8 Å². The molecule has 3 heterocycles. The third kappa shape index (κ3) is 2.07. The van der Waals surface area contributed by atoms with E-state index in [2.05, 4.69) is 4.74 Å². The number of hydrogen-bond acceptors (Lipinski definition) is 6. The number of aryl methyl sites for hydroxylation is 1. The van der Waals surface area contributed by atoms with Gasteiger partial charge in [-0.3, -0.25) is 9.59 Å². The largest absolute Gasteiger partial charge is 0.393 e. The van der Waals surface area contributed by atoms with Crippen molar-refractivity contribution in [3.63, 3.8) is 0 Å². The number of carbonyl (C=O) groups excluding carboxylic acids is 2. The van der Waals surface area contributed by atoms with E-state index in [-0.39, 0.29) is 17.3 Å². The smallest absolute Gasteiger partial charge is 0.318 e. The van der Waals surface area contributed by atoms with Crippen LogP contribution in [0.15, 0.2) is 16.3 Å². The lowest BCUT2D eigenvalue weighted by Gasteiger charge is -2.30. The molecule has 0 saturated carbocycles. The maximum Gasteiger partial charge on any atom is 0.318 e. The molecule has 1 aromatic rings. The summed E-state index contributed by atoms with van der Waals surface area (Å²) < 4.78 is 31.1. The Hall–Kier alpha value is -1.25. The molecule has 2 aliphatic rings. The van der Waals surface area contributed by atoms with Crippen LogP contribution in [0.3, 0.4) is 0 Å². The molecular formula is C12H13NO5S2. The highest BCUT2D eigenvalue weighted by Gasteiger charge is 2.49. The predicted molar refractivity (Wildman–Crippen MR) is 70.5 cm³/mol. The van der Waals surface area contributed by atoms with Crippen LogP contribution in [-0.4, -0.2) is 37.8 Å². The number of fused-ring (bicyclic) bond motifs is 1. The van der Waals surface area contributed by atoms with Crippen LogP contribution in [0.1, 0.15) is 11.3 Å². The summed E-state index contributed by atoms with van der Waals surface area (Å²) in [4.78, 5) is 23.9. The van der Waals surface area contributed by atoms with E-state index in [4.69, 9.17) is 0 Å². The summed E-state index contributed by atoms with van der Waals surface area (Å²) in [6.45, 7) is 2.10. The highest BCUT2D eigenvalue weighted by atomic mass is 32.2. The number of carbonyl (C=O) groups is 2. The fourth-order valence-electron chi connectivity index (χ4n) is 2.59. The molecule has 0 spiro atoms. The Morgan fingerprint density at radius 2 is 1.95 bits per heavy atom. The Labute approximate surface area is 120 Å². The monoisotopic (exact) mass is 315 g/mol. The number of rotatable bonds is 2. The third-order valence-electron chi connectivity index (χ3n) is 3.69. The van der Waals surface area contributed by atoms with Crippen molar-refractivity contribution in [2.75, 3.05) is 13.1 Å². The molecule has 0 amide bonds. The van der Waals surface area contributed by atoms with Crippen molar-refractivity contribution in [3.05, 3.63) is 17.0 Å². The zero-order valence-corrected chi connectivity index (χ0v) is 12.4. The minimum Gasteiger partial charge on any atom is -0.393 e. The number of cyclic esters (lactones) is 2. The minimum absolute atomic E-state index is 0.0223. The fraction of sp³-hybridized carbons (Fsp3) is 0.500. The van der Waals surface area contributed by atoms with Gasteiger partial charge in [0.25, 0.3) is 10.0 Å². The van der Waals surface area contributed by atoms with E-state index in [1.165, 1.54) is 15.6 Å². The van der Waals surface area contributed by atoms with Crippen molar-refractivity contribution >= 4 is 33.3 Å². The molecular weight excluding hydrogens is 302 g/mol. The first-order valence-electron chi connectivity index (χ1n) is 6.22. The topological polar surface area (TPSA) is 80.8 Å².